The van der Waals surface area contributed by atoms with Crippen LogP contribution in [0.3, 0.4) is 0 Å². The van der Waals surface area contributed by atoms with Crippen LogP contribution in [0, 0.1) is 6.92 Å². The van der Waals surface area contributed by atoms with Crippen molar-refractivity contribution < 1.29 is 19.1 Å². The van der Waals surface area contributed by atoms with Crippen molar-refractivity contribution in [3.05, 3.63) is 48.0 Å². The van der Waals surface area contributed by atoms with E-state index in [-0.39, 0.29) is 24.3 Å². The van der Waals surface area contributed by atoms with Crippen LogP contribution < -0.4 is 15.0 Å². The molecule has 2 aromatic carbocycles. The first-order chi connectivity index (χ1) is 15.0. The zero-order valence-electron chi connectivity index (χ0n) is 17.6. The van der Waals surface area contributed by atoms with Crippen molar-refractivity contribution in [1.29, 1.82) is 0 Å². The van der Waals surface area contributed by atoms with E-state index in [1.807, 2.05) is 37.3 Å². The summed E-state index contributed by atoms with van der Waals surface area (Å²) in [6, 6.07) is 12.9. The topological polar surface area (TPSA) is 79.0 Å². The number of aryl methyl sites for hydroxylation is 1. The molecule has 1 N–H and O–H groups in total. The van der Waals surface area contributed by atoms with Gasteiger partial charge in [0, 0.05) is 18.0 Å². The Hall–Kier alpha value is -3.00. The average molecular weight is 440 g/mol. The van der Waals surface area contributed by atoms with Gasteiger partial charge in [-0.25, -0.2) is 0 Å². The van der Waals surface area contributed by atoms with E-state index < -0.39 is 5.25 Å². The molecule has 2 heterocycles. The number of amides is 3. The zero-order chi connectivity index (χ0) is 22.0. The maximum absolute atomic E-state index is 13.3. The highest BCUT2D eigenvalue weighted by Crippen LogP contribution is 2.40. The number of ether oxygens (including phenoxy) is 1. The molecule has 4 rings (SSSR count). The average Bonchev–Trinajstić information content (AvgIpc) is 3.30. The van der Waals surface area contributed by atoms with Crippen LogP contribution in [0.4, 0.5) is 11.4 Å². The molecule has 0 aliphatic carbocycles. The Labute approximate surface area is 185 Å². The summed E-state index contributed by atoms with van der Waals surface area (Å²) < 4.78 is 5.33. The van der Waals surface area contributed by atoms with Gasteiger partial charge in [0.15, 0.2) is 5.25 Å². The van der Waals surface area contributed by atoms with Gasteiger partial charge in [0.25, 0.3) is 5.91 Å². The summed E-state index contributed by atoms with van der Waals surface area (Å²) in [5, 5.41) is 1.97. The van der Waals surface area contributed by atoms with Gasteiger partial charge in [0.1, 0.15) is 12.3 Å². The molecule has 0 radical (unpaired) electrons. The van der Waals surface area contributed by atoms with E-state index in [0.717, 1.165) is 23.3 Å². The standard InChI is InChI=1S/C23H25N3O4S/c1-15-9-10-18(30-2)16(13-15)24-20(27)14-26-17-7-3-4-8-19(17)31-21(23(26)29)22(28)25-11-5-6-12-25/h3-4,7-10,13,21H,5-6,11-12,14H2,1-2H3,(H,24,27). The number of carbonyl (C=O) groups is 3. The number of nitrogens with one attached hydrogen (secondary N) is 1. The minimum Gasteiger partial charge on any atom is -0.495 e. The van der Waals surface area contributed by atoms with Crippen LogP contribution in [0.25, 0.3) is 0 Å². The lowest BCUT2D eigenvalue weighted by molar-refractivity contribution is -0.134. The number of rotatable bonds is 5. The number of fused-ring (bicyclic) bond motifs is 1. The summed E-state index contributed by atoms with van der Waals surface area (Å²) in [4.78, 5) is 43.2. The molecule has 2 aliphatic heterocycles. The SMILES string of the molecule is COc1ccc(C)cc1NC(=O)CN1C(=O)C(C(=O)N2CCCC2)Sc2ccccc21. The van der Waals surface area contributed by atoms with E-state index >= 15 is 0 Å². The number of carbonyl (C=O) groups excluding carboxylic acids is 3. The third kappa shape index (κ3) is 4.39. The minimum atomic E-state index is -0.866. The minimum absolute atomic E-state index is 0.173. The maximum Gasteiger partial charge on any atom is 0.250 e. The van der Waals surface area contributed by atoms with Gasteiger partial charge < -0.3 is 19.9 Å². The number of benzene rings is 2. The second-order valence-corrected chi connectivity index (χ2v) is 8.82. The van der Waals surface area contributed by atoms with Crippen molar-refractivity contribution in [2.75, 3.05) is 37.0 Å². The Kier molecular flexibility index (Phi) is 6.18. The molecule has 31 heavy (non-hydrogen) atoms. The van der Waals surface area contributed by atoms with Crippen LogP contribution in [-0.2, 0) is 14.4 Å². The number of nitrogens with zero attached hydrogens (tertiary/aromatic N) is 2. The monoisotopic (exact) mass is 439 g/mol. The molecule has 0 spiro atoms. The van der Waals surface area contributed by atoms with E-state index in [0.29, 0.717) is 30.2 Å². The molecule has 2 aliphatic rings. The number of hydrogen-bond donors (Lipinski definition) is 1. The Morgan fingerprint density at radius 2 is 1.90 bits per heavy atom. The molecule has 1 fully saturated rings. The second-order valence-electron chi connectivity index (χ2n) is 7.67. The van der Waals surface area contributed by atoms with Gasteiger partial charge in [-0.05, 0) is 49.6 Å². The van der Waals surface area contributed by atoms with Crippen LogP contribution in [0.15, 0.2) is 47.4 Å². The van der Waals surface area contributed by atoms with Gasteiger partial charge in [-0.1, -0.05) is 18.2 Å². The molecular formula is C23H25N3O4S. The smallest absolute Gasteiger partial charge is 0.250 e. The third-order valence-electron chi connectivity index (χ3n) is 5.46. The summed E-state index contributed by atoms with van der Waals surface area (Å²) in [5.41, 5.74) is 2.17. The summed E-state index contributed by atoms with van der Waals surface area (Å²) in [7, 11) is 1.54. The molecule has 3 amide bonds. The molecule has 1 atom stereocenters. The molecule has 2 aromatic rings. The number of hydrogen-bond acceptors (Lipinski definition) is 5. The Bertz CT molecular complexity index is 1020. The predicted molar refractivity (Wildman–Crippen MR) is 121 cm³/mol. The molecule has 0 saturated carbocycles. The van der Waals surface area contributed by atoms with Gasteiger partial charge in [0.05, 0.1) is 18.5 Å². The fourth-order valence-corrected chi connectivity index (χ4v) is 5.08. The largest absolute Gasteiger partial charge is 0.495 e. The molecule has 7 nitrogen and oxygen atoms in total. The third-order valence-corrected chi connectivity index (χ3v) is 6.70. The zero-order valence-corrected chi connectivity index (χ0v) is 18.4. The van der Waals surface area contributed by atoms with E-state index in [4.69, 9.17) is 4.74 Å². The van der Waals surface area contributed by atoms with Crippen LogP contribution in [-0.4, -0.2) is 54.6 Å². The highest BCUT2D eigenvalue weighted by Gasteiger charge is 2.41. The van der Waals surface area contributed by atoms with Crippen molar-refractivity contribution in [3.63, 3.8) is 0 Å². The first-order valence-corrected chi connectivity index (χ1v) is 11.2. The Morgan fingerprint density at radius 3 is 2.65 bits per heavy atom. The molecule has 1 saturated heterocycles. The van der Waals surface area contributed by atoms with Crippen molar-refractivity contribution in [2.45, 2.75) is 29.9 Å². The summed E-state index contributed by atoms with van der Waals surface area (Å²) in [6.45, 7) is 3.10. The van der Waals surface area contributed by atoms with Gasteiger partial charge in [0.2, 0.25) is 11.8 Å². The molecule has 8 heteroatoms. The summed E-state index contributed by atoms with van der Waals surface area (Å²) in [6.07, 6.45) is 1.91. The molecule has 162 valence electrons. The number of anilines is 2. The maximum atomic E-state index is 13.3. The normalized spacial score (nSPS) is 18.0. The van der Waals surface area contributed by atoms with E-state index in [9.17, 15) is 14.4 Å². The van der Waals surface area contributed by atoms with Crippen LogP contribution >= 0.6 is 11.8 Å². The van der Waals surface area contributed by atoms with Crippen molar-refractivity contribution in [2.24, 2.45) is 0 Å². The molecular weight excluding hydrogens is 414 g/mol. The Balaban J connectivity index is 1.57. The van der Waals surface area contributed by atoms with E-state index in [1.165, 1.54) is 23.8 Å². The fraction of sp³-hybridized carbons (Fsp3) is 0.348. The molecule has 1 unspecified atom stereocenters. The van der Waals surface area contributed by atoms with Gasteiger partial charge in [-0.2, -0.15) is 0 Å². The van der Waals surface area contributed by atoms with E-state index in [1.54, 1.807) is 17.0 Å². The van der Waals surface area contributed by atoms with Crippen LogP contribution in [0.5, 0.6) is 5.75 Å². The summed E-state index contributed by atoms with van der Waals surface area (Å²) in [5.74, 6) is -0.340. The first-order valence-electron chi connectivity index (χ1n) is 10.3. The lowest BCUT2D eigenvalue weighted by atomic mass is 10.2. The number of thioether (sulfide) groups is 1. The highest BCUT2D eigenvalue weighted by molar-refractivity contribution is 8.01. The second kappa shape index (κ2) is 9.01. The van der Waals surface area contributed by atoms with Gasteiger partial charge in [-0.3, -0.25) is 14.4 Å². The van der Waals surface area contributed by atoms with Gasteiger partial charge in [-0.15, -0.1) is 11.8 Å². The van der Waals surface area contributed by atoms with Gasteiger partial charge >= 0.3 is 0 Å². The lowest BCUT2D eigenvalue weighted by Gasteiger charge is -2.34. The predicted octanol–water partition coefficient (Wildman–Crippen LogP) is 3.07. The van der Waals surface area contributed by atoms with Crippen LogP contribution in [0.2, 0.25) is 0 Å². The number of likely N-dealkylation sites (tertiary alicyclic amines) is 1. The summed E-state index contributed by atoms with van der Waals surface area (Å²) >= 11 is 1.27. The van der Waals surface area contributed by atoms with Crippen molar-refractivity contribution >= 4 is 40.9 Å². The van der Waals surface area contributed by atoms with Crippen molar-refractivity contribution in [1.82, 2.24) is 4.90 Å². The number of methoxy groups -OCH3 is 1. The first kappa shape index (κ1) is 21.2. The molecule has 0 bridgehead atoms. The highest BCUT2D eigenvalue weighted by atomic mass is 32.2. The fourth-order valence-electron chi connectivity index (χ4n) is 3.89. The number of para-hydroxylation sites is 1. The van der Waals surface area contributed by atoms with Crippen LogP contribution in [0.1, 0.15) is 18.4 Å². The van der Waals surface area contributed by atoms with E-state index in [2.05, 4.69) is 5.32 Å². The lowest BCUT2D eigenvalue weighted by Crippen LogP contribution is -2.51. The van der Waals surface area contributed by atoms with Crippen molar-refractivity contribution in [3.8, 4) is 5.75 Å². The Morgan fingerprint density at radius 1 is 1.16 bits per heavy atom. The molecule has 0 aromatic heterocycles. The quantitative estimate of drug-likeness (QED) is 0.725.